The van der Waals surface area contributed by atoms with Crippen molar-refractivity contribution in [2.75, 3.05) is 38.0 Å². The maximum Gasteiger partial charge on any atom is 0.292 e. The molecule has 0 spiro atoms. The van der Waals surface area contributed by atoms with Gasteiger partial charge in [0, 0.05) is 11.6 Å². The molecule has 3 rings (SSSR count). The molecular formula is C20H26N4O3+2. The van der Waals surface area contributed by atoms with Crippen molar-refractivity contribution in [1.29, 1.82) is 0 Å². The van der Waals surface area contributed by atoms with Crippen molar-refractivity contribution in [2.45, 2.75) is 13.5 Å². The first-order valence-electron chi connectivity index (χ1n) is 9.27. The lowest BCUT2D eigenvalue weighted by atomic mass is 10.1. The average Bonchev–Trinajstić information content (AvgIpc) is 2.63. The Labute approximate surface area is 158 Å². The highest BCUT2D eigenvalue weighted by molar-refractivity contribution is 5.93. The van der Waals surface area contributed by atoms with Crippen LogP contribution in [0, 0.1) is 17.0 Å². The number of nitro benzene ring substituents is 1. The molecule has 1 fully saturated rings. The molecule has 27 heavy (non-hydrogen) atoms. The molecule has 0 atom stereocenters. The number of aryl methyl sites for hydroxylation is 1. The monoisotopic (exact) mass is 370 g/mol. The molecule has 2 aromatic rings. The molecule has 142 valence electrons. The van der Waals surface area contributed by atoms with Gasteiger partial charge < -0.3 is 15.1 Å². The second kappa shape index (κ2) is 8.75. The predicted molar refractivity (Wildman–Crippen MR) is 103 cm³/mol. The van der Waals surface area contributed by atoms with Gasteiger partial charge >= 0.3 is 0 Å². The second-order valence-electron chi connectivity index (χ2n) is 7.17. The number of nitrogens with zero attached hydrogens (tertiary/aromatic N) is 1. The molecule has 0 unspecified atom stereocenters. The van der Waals surface area contributed by atoms with E-state index < -0.39 is 4.92 Å². The molecule has 1 amide bonds. The quantitative estimate of drug-likeness (QED) is 0.488. The highest BCUT2D eigenvalue weighted by Crippen LogP contribution is 2.22. The summed E-state index contributed by atoms with van der Waals surface area (Å²) in [7, 11) is 0. The van der Waals surface area contributed by atoms with Crippen LogP contribution in [-0.4, -0.2) is 43.6 Å². The molecule has 1 heterocycles. The van der Waals surface area contributed by atoms with Gasteiger partial charge in [-0.1, -0.05) is 42.0 Å². The third-order valence-electron chi connectivity index (χ3n) is 4.99. The van der Waals surface area contributed by atoms with Gasteiger partial charge in [0.15, 0.2) is 6.54 Å². The number of nitrogens with one attached hydrogen (secondary N) is 3. The van der Waals surface area contributed by atoms with E-state index in [1.165, 1.54) is 27.0 Å². The molecule has 0 radical (unpaired) electrons. The van der Waals surface area contributed by atoms with Crippen LogP contribution in [0.2, 0.25) is 0 Å². The fourth-order valence-electron chi connectivity index (χ4n) is 3.58. The van der Waals surface area contributed by atoms with Crippen molar-refractivity contribution in [3.05, 3.63) is 69.8 Å². The van der Waals surface area contributed by atoms with Gasteiger partial charge in [0.25, 0.3) is 11.6 Å². The molecule has 7 nitrogen and oxygen atoms in total. The molecule has 1 saturated heterocycles. The zero-order valence-electron chi connectivity index (χ0n) is 15.5. The molecule has 1 aliphatic heterocycles. The number of quaternary nitrogens is 2. The first-order chi connectivity index (χ1) is 13.0. The lowest BCUT2D eigenvalue weighted by molar-refractivity contribution is -1.02. The first-order valence-corrected chi connectivity index (χ1v) is 9.27. The average molecular weight is 370 g/mol. The molecule has 0 bridgehead atoms. The van der Waals surface area contributed by atoms with Gasteiger partial charge in [0.1, 0.15) is 38.4 Å². The SMILES string of the molecule is Cc1cccc(C[NH+]2CC[NH+](CC(=O)Nc3ccccc3[N+](=O)[O-])CC2)c1. The van der Waals surface area contributed by atoms with Crippen LogP contribution in [0.1, 0.15) is 11.1 Å². The third kappa shape index (κ3) is 5.35. The van der Waals surface area contributed by atoms with Gasteiger partial charge in [-0.2, -0.15) is 0 Å². The van der Waals surface area contributed by atoms with Crippen molar-refractivity contribution in [2.24, 2.45) is 0 Å². The summed E-state index contributed by atoms with van der Waals surface area (Å²) in [5, 5.41) is 13.7. The summed E-state index contributed by atoms with van der Waals surface area (Å²) in [5.74, 6) is -0.179. The third-order valence-corrected chi connectivity index (χ3v) is 4.99. The fourth-order valence-corrected chi connectivity index (χ4v) is 3.58. The first kappa shape index (κ1) is 19.0. The van der Waals surface area contributed by atoms with Crippen LogP contribution >= 0.6 is 0 Å². The minimum Gasteiger partial charge on any atom is -0.322 e. The maximum absolute atomic E-state index is 12.3. The molecule has 1 aliphatic rings. The molecule has 2 aromatic carbocycles. The van der Waals surface area contributed by atoms with Crippen LogP contribution in [0.25, 0.3) is 0 Å². The Morgan fingerprint density at radius 2 is 1.78 bits per heavy atom. The van der Waals surface area contributed by atoms with Crippen LogP contribution < -0.4 is 15.1 Å². The predicted octanol–water partition coefficient (Wildman–Crippen LogP) is -0.175. The Morgan fingerprint density at radius 1 is 1.07 bits per heavy atom. The van der Waals surface area contributed by atoms with Gasteiger partial charge in [0.2, 0.25) is 0 Å². The van der Waals surface area contributed by atoms with E-state index in [-0.39, 0.29) is 17.3 Å². The Balaban J connectivity index is 1.48. The molecule has 0 aromatic heterocycles. The van der Waals surface area contributed by atoms with Crippen molar-refractivity contribution >= 4 is 17.3 Å². The number of carbonyl (C=O) groups is 1. The smallest absolute Gasteiger partial charge is 0.292 e. The largest absolute Gasteiger partial charge is 0.322 e. The lowest BCUT2D eigenvalue weighted by Gasteiger charge is -2.29. The summed E-state index contributed by atoms with van der Waals surface area (Å²) in [4.78, 5) is 25.6. The van der Waals surface area contributed by atoms with Crippen molar-refractivity contribution in [3.8, 4) is 0 Å². The van der Waals surface area contributed by atoms with Crippen LogP contribution in [-0.2, 0) is 11.3 Å². The Hall–Kier alpha value is -2.77. The Morgan fingerprint density at radius 3 is 2.48 bits per heavy atom. The van der Waals surface area contributed by atoms with E-state index in [0.717, 1.165) is 32.7 Å². The normalized spacial score (nSPS) is 19.4. The zero-order valence-corrected chi connectivity index (χ0v) is 15.5. The molecule has 0 saturated carbocycles. The van der Waals surface area contributed by atoms with E-state index in [9.17, 15) is 14.9 Å². The number of carbonyl (C=O) groups excluding carboxylic acids is 1. The molecule has 3 N–H and O–H groups in total. The van der Waals surface area contributed by atoms with Gasteiger partial charge in [-0.3, -0.25) is 14.9 Å². The van der Waals surface area contributed by atoms with Crippen LogP contribution in [0.3, 0.4) is 0 Å². The number of benzene rings is 2. The maximum atomic E-state index is 12.3. The molecule has 7 heteroatoms. The fraction of sp³-hybridized carbons (Fsp3) is 0.350. The summed E-state index contributed by atoms with van der Waals surface area (Å²) in [6, 6.07) is 14.8. The molecule has 0 aliphatic carbocycles. The summed E-state index contributed by atoms with van der Waals surface area (Å²) >= 11 is 0. The number of rotatable bonds is 6. The lowest BCUT2D eigenvalue weighted by Crippen LogP contribution is -3.28. The summed E-state index contributed by atoms with van der Waals surface area (Å²) < 4.78 is 0. The number of para-hydroxylation sites is 2. The summed E-state index contributed by atoms with van der Waals surface area (Å²) in [6.45, 7) is 7.33. The Bertz CT molecular complexity index is 816. The number of hydrogen-bond acceptors (Lipinski definition) is 3. The highest BCUT2D eigenvalue weighted by atomic mass is 16.6. The zero-order chi connectivity index (χ0) is 19.2. The van der Waals surface area contributed by atoms with Gasteiger partial charge in [-0.25, -0.2) is 0 Å². The number of nitro groups is 1. The van der Waals surface area contributed by atoms with Crippen molar-refractivity contribution in [3.63, 3.8) is 0 Å². The van der Waals surface area contributed by atoms with E-state index in [0.29, 0.717) is 6.54 Å². The van der Waals surface area contributed by atoms with Crippen molar-refractivity contribution in [1.82, 2.24) is 0 Å². The molecular weight excluding hydrogens is 344 g/mol. The van der Waals surface area contributed by atoms with E-state index in [4.69, 9.17) is 0 Å². The van der Waals surface area contributed by atoms with Gasteiger partial charge in [-0.05, 0) is 13.0 Å². The number of anilines is 1. The van der Waals surface area contributed by atoms with E-state index in [1.54, 1.807) is 18.2 Å². The standard InChI is InChI=1S/C20H24N4O3/c1-16-5-4-6-17(13-16)14-22-9-11-23(12-10-22)15-20(25)21-18-7-2-3-8-19(18)24(26)27/h2-8,13H,9-12,14-15H2,1H3,(H,21,25)/p+2. The van der Waals surface area contributed by atoms with E-state index in [2.05, 4.69) is 36.5 Å². The topological polar surface area (TPSA) is 81.1 Å². The van der Waals surface area contributed by atoms with Gasteiger partial charge in [0.05, 0.1) is 4.92 Å². The minimum atomic E-state index is -0.476. The van der Waals surface area contributed by atoms with E-state index in [1.807, 2.05) is 0 Å². The summed E-state index contributed by atoms with van der Waals surface area (Å²) in [5.41, 5.74) is 2.81. The highest BCUT2D eigenvalue weighted by Gasteiger charge is 2.25. The van der Waals surface area contributed by atoms with Crippen molar-refractivity contribution < 1.29 is 19.5 Å². The van der Waals surface area contributed by atoms with Crippen LogP contribution in [0.15, 0.2) is 48.5 Å². The van der Waals surface area contributed by atoms with Crippen LogP contribution in [0.5, 0.6) is 0 Å². The Kier molecular flexibility index (Phi) is 6.16. The number of hydrogen-bond donors (Lipinski definition) is 3. The second-order valence-corrected chi connectivity index (χ2v) is 7.17. The number of amides is 1. The minimum absolute atomic E-state index is 0.0757. The summed E-state index contributed by atoms with van der Waals surface area (Å²) in [6.07, 6.45) is 0. The van der Waals surface area contributed by atoms with Gasteiger partial charge in [-0.15, -0.1) is 0 Å². The van der Waals surface area contributed by atoms with Crippen LogP contribution in [0.4, 0.5) is 11.4 Å². The number of piperazine rings is 1. The van der Waals surface area contributed by atoms with E-state index >= 15 is 0 Å².